The number of anilines is 1. The van der Waals surface area contributed by atoms with E-state index >= 15 is 0 Å². The summed E-state index contributed by atoms with van der Waals surface area (Å²) >= 11 is 3.14. The number of nitrogens with zero attached hydrogens (tertiary/aromatic N) is 2. The molecule has 4 rings (SSSR count). The van der Waals surface area contributed by atoms with Gasteiger partial charge in [0.15, 0.2) is 10.6 Å². The molecule has 1 saturated heterocycles. The minimum Gasteiger partial charge on any atom is -0.481 e. The number of hydrogen-bond donors (Lipinski definition) is 3. The summed E-state index contributed by atoms with van der Waals surface area (Å²) in [6, 6.07) is 14.8. The quantitative estimate of drug-likeness (QED) is 0.325. The maximum atomic E-state index is 12.1. The Labute approximate surface area is 216 Å². The number of carboxylic acids is 1. The lowest BCUT2D eigenvalue weighted by Crippen LogP contribution is -2.31. The molecule has 0 radical (unpaired) electrons. The van der Waals surface area contributed by atoms with Crippen molar-refractivity contribution in [3.63, 3.8) is 0 Å². The number of aliphatic carboxylic acids is 1. The van der Waals surface area contributed by atoms with Crippen LogP contribution in [-0.4, -0.2) is 44.1 Å². The molecule has 1 fully saturated rings. The molecule has 3 aromatic rings. The van der Waals surface area contributed by atoms with Crippen LogP contribution in [0.2, 0.25) is 0 Å². The molecule has 0 aliphatic carbocycles. The van der Waals surface area contributed by atoms with E-state index in [-0.39, 0.29) is 37.6 Å². The van der Waals surface area contributed by atoms with Gasteiger partial charge in [0.05, 0.1) is 25.2 Å². The summed E-state index contributed by atoms with van der Waals surface area (Å²) < 4.78 is 13.6. The lowest BCUT2D eigenvalue weighted by Gasteiger charge is -2.36. The molecule has 0 bridgehead atoms. The summed E-state index contributed by atoms with van der Waals surface area (Å²) in [7, 11) is 0. The van der Waals surface area contributed by atoms with Crippen LogP contribution >= 0.6 is 23.1 Å². The van der Waals surface area contributed by atoms with Gasteiger partial charge in [-0.25, -0.2) is 0 Å². The lowest BCUT2D eigenvalue weighted by atomic mass is 10.0. The van der Waals surface area contributed by atoms with Crippen LogP contribution in [0.5, 0.6) is 0 Å². The third-order valence-electron chi connectivity index (χ3n) is 5.52. The fourth-order valence-corrected chi connectivity index (χ4v) is 5.59. The SMILES string of the molecule is Cc1nnc(SCC2CC(c3ccc(CO)cc3)OC(c3cccc(NC(=O)CCC(=O)O)c3)O2)s1. The molecule has 0 spiro atoms. The Bertz CT molecular complexity index is 1190. The number of amides is 1. The fourth-order valence-electron chi connectivity index (χ4n) is 3.73. The summed E-state index contributed by atoms with van der Waals surface area (Å²) in [4.78, 5) is 22.8. The number of carbonyl (C=O) groups excluding carboxylic acids is 1. The molecule has 36 heavy (non-hydrogen) atoms. The van der Waals surface area contributed by atoms with Crippen LogP contribution < -0.4 is 5.32 Å². The van der Waals surface area contributed by atoms with Crippen LogP contribution in [0.1, 0.15) is 53.4 Å². The van der Waals surface area contributed by atoms with Crippen LogP contribution in [0.25, 0.3) is 0 Å². The van der Waals surface area contributed by atoms with Crippen LogP contribution in [0.3, 0.4) is 0 Å². The van der Waals surface area contributed by atoms with E-state index in [1.807, 2.05) is 37.3 Å². The highest BCUT2D eigenvalue weighted by Gasteiger charge is 2.32. The van der Waals surface area contributed by atoms with E-state index in [4.69, 9.17) is 14.6 Å². The largest absolute Gasteiger partial charge is 0.481 e. The van der Waals surface area contributed by atoms with Gasteiger partial charge in [-0.3, -0.25) is 9.59 Å². The Morgan fingerprint density at radius 2 is 1.92 bits per heavy atom. The fraction of sp³-hybridized carbons (Fsp3) is 0.360. The summed E-state index contributed by atoms with van der Waals surface area (Å²) in [6.45, 7) is 1.89. The van der Waals surface area contributed by atoms with Crippen molar-refractivity contribution >= 4 is 40.7 Å². The Morgan fingerprint density at radius 3 is 2.61 bits per heavy atom. The highest BCUT2D eigenvalue weighted by molar-refractivity contribution is 8.01. The molecule has 1 aliphatic heterocycles. The van der Waals surface area contributed by atoms with Gasteiger partial charge >= 0.3 is 5.97 Å². The topological polar surface area (TPSA) is 131 Å². The number of aryl methyl sites for hydroxylation is 1. The summed E-state index contributed by atoms with van der Waals surface area (Å²) in [5.41, 5.74) is 3.09. The number of ether oxygens (including phenoxy) is 2. The molecule has 2 heterocycles. The Hall–Kier alpha value is -2.83. The molecule has 3 atom stereocenters. The van der Waals surface area contributed by atoms with Crippen LogP contribution in [-0.2, 0) is 25.7 Å². The number of carbonyl (C=O) groups is 2. The van der Waals surface area contributed by atoms with Crippen molar-refractivity contribution in [3.05, 3.63) is 70.2 Å². The van der Waals surface area contributed by atoms with Crippen molar-refractivity contribution in [2.45, 2.75) is 55.6 Å². The van der Waals surface area contributed by atoms with E-state index in [0.717, 1.165) is 26.0 Å². The van der Waals surface area contributed by atoms with Gasteiger partial charge in [-0.05, 0) is 30.2 Å². The monoisotopic (exact) mass is 529 g/mol. The molecule has 9 nitrogen and oxygen atoms in total. The minimum atomic E-state index is -1.02. The van der Waals surface area contributed by atoms with E-state index in [9.17, 15) is 14.7 Å². The molecule has 0 saturated carbocycles. The highest BCUT2D eigenvalue weighted by atomic mass is 32.2. The van der Waals surface area contributed by atoms with Crippen LogP contribution in [0.4, 0.5) is 5.69 Å². The third-order valence-corrected chi connectivity index (χ3v) is 7.63. The maximum Gasteiger partial charge on any atom is 0.303 e. The lowest BCUT2D eigenvalue weighted by molar-refractivity contribution is -0.245. The Morgan fingerprint density at radius 1 is 1.11 bits per heavy atom. The zero-order chi connectivity index (χ0) is 25.5. The molecule has 3 unspecified atom stereocenters. The molecule has 1 amide bonds. The Balaban J connectivity index is 1.50. The number of carboxylic acid groups (broad SMARTS) is 1. The van der Waals surface area contributed by atoms with Crippen molar-refractivity contribution in [1.29, 1.82) is 0 Å². The number of aliphatic hydroxyl groups is 1. The first kappa shape index (κ1) is 26.2. The average Bonchev–Trinajstić information content (AvgIpc) is 3.31. The number of aliphatic hydroxyl groups excluding tert-OH is 1. The van der Waals surface area contributed by atoms with Gasteiger partial charge in [-0.15, -0.1) is 10.2 Å². The molecule has 1 aromatic heterocycles. The van der Waals surface area contributed by atoms with Crippen molar-refractivity contribution in [1.82, 2.24) is 10.2 Å². The molecule has 190 valence electrons. The number of benzene rings is 2. The van der Waals surface area contributed by atoms with Gasteiger partial charge in [-0.1, -0.05) is 59.5 Å². The second-order valence-electron chi connectivity index (χ2n) is 8.32. The molecular weight excluding hydrogens is 502 g/mol. The normalized spacial score (nSPS) is 19.7. The summed E-state index contributed by atoms with van der Waals surface area (Å²) in [5, 5.41) is 30.1. The van der Waals surface area contributed by atoms with Crippen molar-refractivity contribution < 1.29 is 29.3 Å². The van der Waals surface area contributed by atoms with E-state index in [2.05, 4.69) is 15.5 Å². The first-order chi connectivity index (χ1) is 17.4. The minimum absolute atomic E-state index is 0.0248. The zero-order valence-corrected chi connectivity index (χ0v) is 21.3. The number of rotatable bonds is 10. The first-order valence-electron chi connectivity index (χ1n) is 11.4. The second kappa shape index (κ2) is 12.4. The van der Waals surface area contributed by atoms with E-state index in [1.54, 1.807) is 41.3 Å². The third kappa shape index (κ3) is 7.34. The van der Waals surface area contributed by atoms with Gasteiger partial charge in [0.2, 0.25) is 5.91 Å². The van der Waals surface area contributed by atoms with Gasteiger partial charge < -0.3 is 25.0 Å². The smallest absolute Gasteiger partial charge is 0.303 e. The standard InChI is InChI=1S/C25H27N3O6S2/c1-15-27-28-25(36-15)35-14-20-12-21(17-7-5-16(13-29)6-8-17)34-24(33-20)18-3-2-4-19(11-18)26-22(30)9-10-23(31)32/h2-8,11,20-21,24,29H,9-10,12-14H2,1H3,(H,26,30)(H,31,32). The highest BCUT2D eigenvalue weighted by Crippen LogP contribution is 2.40. The van der Waals surface area contributed by atoms with Gasteiger partial charge in [0, 0.05) is 29.8 Å². The average molecular weight is 530 g/mol. The van der Waals surface area contributed by atoms with Crippen molar-refractivity contribution in [2.24, 2.45) is 0 Å². The number of aromatic nitrogens is 2. The van der Waals surface area contributed by atoms with E-state index < -0.39 is 12.3 Å². The molecular formula is C25H27N3O6S2. The van der Waals surface area contributed by atoms with E-state index in [0.29, 0.717) is 17.9 Å². The van der Waals surface area contributed by atoms with Crippen molar-refractivity contribution in [3.8, 4) is 0 Å². The summed E-state index contributed by atoms with van der Waals surface area (Å²) in [5.74, 6) is -0.720. The molecule has 1 aliphatic rings. The van der Waals surface area contributed by atoms with Gasteiger partial charge in [0.1, 0.15) is 5.01 Å². The molecule has 11 heteroatoms. The van der Waals surface area contributed by atoms with Crippen LogP contribution in [0.15, 0.2) is 52.9 Å². The second-order valence-corrected chi connectivity index (χ2v) is 10.8. The van der Waals surface area contributed by atoms with Gasteiger partial charge in [-0.2, -0.15) is 0 Å². The van der Waals surface area contributed by atoms with E-state index in [1.165, 1.54) is 0 Å². The van der Waals surface area contributed by atoms with Crippen LogP contribution in [0, 0.1) is 6.92 Å². The Kier molecular flexibility index (Phi) is 9.05. The molecule has 2 aromatic carbocycles. The maximum absolute atomic E-state index is 12.1. The van der Waals surface area contributed by atoms with Gasteiger partial charge in [0.25, 0.3) is 0 Å². The number of hydrogen-bond acceptors (Lipinski definition) is 9. The number of thioether (sulfide) groups is 1. The zero-order valence-electron chi connectivity index (χ0n) is 19.6. The predicted octanol–water partition coefficient (Wildman–Crippen LogP) is 4.48. The first-order valence-corrected chi connectivity index (χ1v) is 13.2. The molecule has 3 N–H and O–H groups in total. The van der Waals surface area contributed by atoms with Crippen molar-refractivity contribution in [2.75, 3.05) is 11.1 Å². The predicted molar refractivity (Wildman–Crippen MR) is 136 cm³/mol. The summed E-state index contributed by atoms with van der Waals surface area (Å²) in [6.07, 6.45) is -0.720. The number of nitrogens with one attached hydrogen (secondary N) is 1.